The maximum Gasteiger partial charge on any atom is 0.313 e. The monoisotopic (exact) mass is 307 g/mol. The summed E-state index contributed by atoms with van der Waals surface area (Å²) in [7, 11) is 1.58. The van der Waals surface area contributed by atoms with E-state index in [9.17, 15) is 9.59 Å². The standard InChI is InChI=1S/C14H17N3O3S/c1-8-4-5-11-10(6-8)16-14(21-7-12(18)19)17(11)9(2)13(20)15-3/h4-6,9H,7H2,1-3H3,(H,15,20)(H,18,19). The molecular formula is C14H17N3O3S. The zero-order valence-corrected chi connectivity index (χ0v) is 12.9. The fraction of sp³-hybridized carbons (Fsp3) is 0.357. The van der Waals surface area contributed by atoms with Gasteiger partial charge in [0.05, 0.1) is 16.8 Å². The SMILES string of the molecule is CNC(=O)C(C)n1c(SCC(=O)O)nc2cc(C)ccc21. The van der Waals surface area contributed by atoms with Gasteiger partial charge in [0.15, 0.2) is 5.16 Å². The smallest absolute Gasteiger partial charge is 0.313 e. The Morgan fingerprint density at radius 2 is 2.19 bits per heavy atom. The number of hydrogen-bond donors (Lipinski definition) is 2. The Morgan fingerprint density at radius 3 is 2.81 bits per heavy atom. The summed E-state index contributed by atoms with van der Waals surface area (Å²) >= 11 is 1.12. The highest BCUT2D eigenvalue weighted by atomic mass is 32.2. The van der Waals surface area contributed by atoms with Crippen molar-refractivity contribution in [2.75, 3.05) is 12.8 Å². The van der Waals surface area contributed by atoms with E-state index >= 15 is 0 Å². The second-order valence-corrected chi connectivity index (χ2v) is 5.67. The third-order valence-corrected chi connectivity index (χ3v) is 4.09. The number of benzene rings is 1. The Hall–Kier alpha value is -2.02. The lowest BCUT2D eigenvalue weighted by molar-refractivity contribution is -0.133. The van der Waals surface area contributed by atoms with Crippen LogP contribution in [-0.4, -0.2) is 39.3 Å². The molecule has 1 heterocycles. The Kier molecular flexibility index (Phi) is 4.52. The van der Waals surface area contributed by atoms with Gasteiger partial charge in [-0.25, -0.2) is 4.98 Å². The summed E-state index contributed by atoms with van der Waals surface area (Å²) in [6.45, 7) is 3.73. The molecule has 0 saturated heterocycles. The van der Waals surface area contributed by atoms with Crippen molar-refractivity contribution in [1.29, 1.82) is 0 Å². The van der Waals surface area contributed by atoms with E-state index in [0.717, 1.165) is 28.4 Å². The van der Waals surface area contributed by atoms with E-state index in [1.165, 1.54) is 0 Å². The molecule has 2 aromatic rings. The molecule has 1 amide bonds. The van der Waals surface area contributed by atoms with E-state index in [4.69, 9.17) is 5.11 Å². The first-order valence-corrected chi connectivity index (χ1v) is 7.47. The van der Waals surface area contributed by atoms with Crippen LogP contribution in [0, 0.1) is 6.92 Å². The predicted molar refractivity (Wildman–Crippen MR) is 81.6 cm³/mol. The van der Waals surface area contributed by atoms with Gasteiger partial charge >= 0.3 is 5.97 Å². The molecule has 0 spiro atoms. The highest BCUT2D eigenvalue weighted by molar-refractivity contribution is 7.99. The highest BCUT2D eigenvalue weighted by Gasteiger charge is 2.21. The van der Waals surface area contributed by atoms with Gasteiger partial charge in [0, 0.05) is 7.05 Å². The molecule has 1 unspecified atom stereocenters. The summed E-state index contributed by atoms with van der Waals surface area (Å²) in [4.78, 5) is 27.2. The average Bonchev–Trinajstić information content (AvgIpc) is 2.80. The maximum atomic E-state index is 11.9. The molecule has 0 bridgehead atoms. The van der Waals surface area contributed by atoms with Crippen molar-refractivity contribution < 1.29 is 14.7 Å². The number of aliphatic carboxylic acids is 1. The Balaban J connectivity index is 2.54. The van der Waals surface area contributed by atoms with Gasteiger partial charge in [-0.1, -0.05) is 17.8 Å². The summed E-state index contributed by atoms with van der Waals surface area (Å²) < 4.78 is 1.78. The molecule has 0 saturated carbocycles. The average molecular weight is 307 g/mol. The number of imidazole rings is 1. The van der Waals surface area contributed by atoms with Gasteiger partial charge in [0.25, 0.3) is 0 Å². The number of aryl methyl sites for hydroxylation is 1. The summed E-state index contributed by atoms with van der Waals surface area (Å²) in [5, 5.41) is 12.0. The van der Waals surface area contributed by atoms with Gasteiger partial charge in [0.1, 0.15) is 6.04 Å². The van der Waals surface area contributed by atoms with Crippen LogP contribution in [0.2, 0.25) is 0 Å². The Morgan fingerprint density at radius 1 is 1.48 bits per heavy atom. The summed E-state index contributed by atoms with van der Waals surface area (Å²) in [6.07, 6.45) is 0. The van der Waals surface area contributed by atoms with Crippen LogP contribution in [0.4, 0.5) is 0 Å². The van der Waals surface area contributed by atoms with Gasteiger partial charge in [-0.2, -0.15) is 0 Å². The molecule has 2 N–H and O–H groups in total. The minimum Gasteiger partial charge on any atom is -0.481 e. The van der Waals surface area contributed by atoms with Crippen LogP contribution in [0.3, 0.4) is 0 Å². The fourth-order valence-electron chi connectivity index (χ4n) is 2.12. The van der Waals surface area contributed by atoms with Gasteiger partial charge in [0.2, 0.25) is 5.91 Å². The number of likely N-dealkylation sites (N-methyl/N-ethyl adjacent to an activating group) is 1. The van der Waals surface area contributed by atoms with E-state index in [2.05, 4.69) is 10.3 Å². The van der Waals surface area contributed by atoms with Gasteiger partial charge in [-0.15, -0.1) is 0 Å². The zero-order chi connectivity index (χ0) is 15.6. The van der Waals surface area contributed by atoms with Gasteiger partial charge in [-0.05, 0) is 31.5 Å². The number of fused-ring (bicyclic) bond motifs is 1. The third-order valence-electron chi connectivity index (χ3n) is 3.15. The molecule has 0 aliphatic rings. The number of hydrogen-bond acceptors (Lipinski definition) is 4. The number of aromatic nitrogens is 2. The number of carboxylic acids is 1. The molecule has 0 aliphatic heterocycles. The van der Waals surface area contributed by atoms with E-state index < -0.39 is 12.0 Å². The molecule has 112 valence electrons. The Bertz CT molecular complexity index is 696. The molecule has 1 aromatic heterocycles. The molecule has 0 fully saturated rings. The number of nitrogens with one attached hydrogen (secondary N) is 1. The van der Waals surface area contributed by atoms with E-state index in [1.54, 1.807) is 18.5 Å². The Labute approximate surface area is 126 Å². The van der Waals surface area contributed by atoms with Crippen molar-refractivity contribution in [2.24, 2.45) is 0 Å². The number of nitrogens with zero attached hydrogens (tertiary/aromatic N) is 2. The van der Waals surface area contributed by atoms with Gasteiger partial charge < -0.3 is 15.0 Å². The molecule has 6 nitrogen and oxygen atoms in total. The number of thioether (sulfide) groups is 1. The predicted octanol–water partition coefficient (Wildman–Crippen LogP) is 1.83. The van der Waals surface area contributed by atoms with Crippen LogP contribution < -0.4 is 5.32 Å². The van der Waals surface area contributed by atoms with Crippen molar-refractivity contribution >= 4 is 34.7 Å². The highest BCUT2D eigenvalue weighted by Crippen LogP contribution is 2.28. The first-order chi connectivity index (χ1) is 9.93. The second kappa shape index (κ2) is 6.17. The zero-order valence-electron chi connectivity index (χ0n) is 12.1. The lowest BCUT2D eigenvalue weighted by Crippen LogP contribution is -2.28. The molecule has 21 heavy (non-hydrogen) atoms. The first-order valence-electron chi connectivity index (χ1n) is 6.48. The molecular weight excluding hydrogens is 290 g/mol. The van der Waals surface area contributed by atoms with Crippen LogP contribution in [0.1, 0.15) is 18.5 Å². The molecule has 1 aromatic carbocycles. The van der Waals surface area contributed by atoms with Crippen molar-refractivity contribution in [3.8, 4) is 0 Å². The van der Waals surface area contributed by atoms with Crippen molar-refractivity contribution in [3.63, 3.8) is 0 Å². The van der Waals surface area contributed by atoms with E-state index in [1.807, 2.05) is 25.1 Å². The fourth-order valence-corrected chi connectivity index (χ4v) is 2.93. The van der Waals surface area contributed by atoms with Gasteiger partial charge in [-0.3, -0.25) is 9.59 Å². The molecule has 0 aliphatic carbocycles. The summed E-state index contributed by atoms with van der Waals surface area (Å²) in [5.41, 5.74) is 2.65. The van der Waals surface area contributed by atoms with Crippen LogP contribution in [-0.2, 0) is 9.59 Å². The van der Waals surface area contributed by atoms with Crippen LogP contribution in [0.25, 0.3) is 11.0 Å². The lowest BCUT2D eigenvalue weighted by atomic mass is 10.2. The summed E-state index contributed by atoms with van der Waals surface area (Å²) in [5.74, 6) is -1.16. The van der Waals surface area contributed by atoms with Crippen LogP contribution >= 0.6 is 11.8 Å². The largest absolute Gasteiger partial charge is 0.481 e. The van der Waals surface area contributed by atoms with Crippen LogP contribution in [0.15, 0.2) is 23.4 Å². The topological polar surface area (TPSA) is 84.2 Å². The van der Waals surface area contributed by atoms with E-state index in [-0.39, 0.29) is 11.7 Å². The third kappa shape index (κ3) is 3.18. The van der Waals surface area contributed by atoms with Crippen LogP contribution in [0.5, 0.6) is 0 Å². The number of carboxylic acid groups (broad SMARTS) is 1. The quantitative estimate of drug-likeness (QED) is 0.823. The number of carbonyl (C=O) groups is 2. The minimum atomic E-state index is -0.914. The maximum absolute atomic E-state index is 11.9. The molecule has 7 heteroatoms. The molecule has 0 radical (unpaired) electrons. The first kappa shape index (κ1) is 15.4. The minimum absolute atomic E-state index is 0.0945. The molecule has 2 rings (SSSR count). The second-order valence-electron chi connectivity index (χ2n) is 4.73. The lowest BCUT2D eigenvalue weighted by Gasteiger charge is -2.15. The van der Waals surface area contributed by atoms with Crippen molar-refractivity contribution in [2.45, 2.75) is 25.0 Å². The number of rotatable bonds is 5. The summed E-state index contributed by atoms with van der Waals surface area (Å²) in [6, 6.07) is 5.32. The number of carbonyl (C=O) groups excluding carboxylic acids is 1. The molecule has 1 atom stereocenters. The number of amides is 1. The van der Waals surface area contributed by atoms with E-state index in [0.29, 0.717) is 5.16 Å². The van der Waals surface area contributed by atoms with Crippen molar-refractivity contribution in [3.05, 3.63) is 23.8 Å². The normalized spacial score (nSPS) is 12.3. The van der Waals surface area contributed by atoms with Crippen molar-refractivity contribution in [1.82, 2.24) is 14.9 Å².